The van der Waals surface area contributed by atoms with E-state index in [1.165, 1.54) is 0 Å². The monoisotopic (exact) mass is 748 g/mol. The van der Waals surface area contributed by atoms with E-state index in [-0.39, 0.29) is 0 Å². The molecule has 0 aromatic heterocycles. The van der Waals surface area contributed by atoms with E-state index in [9.17, 15) is 70.9 Å². The third-order valence-corrected chi connectivity index (χ3v) is 9.01. The van der Waals surface area contributed by atoms with Crippen LogP contribution in [0.15, 0.2) is 0 Å². The van der Waals surface area contributed by atoms with Crippen molar-refractivity contribution in [3.05, 3.63) is 0 Å². The number of ether oxygens (including phenoxy) is 7. The highest BCUT2D eigenvalue weighted by atomic mass is 16.8. The molecule has 0 radical (unpaired) electrons. The van der Waals surface area contributed by atoms with Gasteiger partial charge in [0.15, 0.2) is 25.2 Å². The van der Waals surface area contributed by atoms with E-state index in [2.05, 4.69) is 10.6 Å². The summed E-state index contributed by atoms with van der Waals surface area (Å²) in [6, 6.07) is -3.09. The first-order valence-electron chi connectivity index (χ1n) is 16.1. The molecule has 14 N–H and O–H groups in total. The number of aliphatic hydroxyl groups is 12. The van der Waals surface area contributed by atoms with Gasteiger partial charge in [0.2, 0.25) is 11.8 Å². The normalized spacial score (nSPS) is 47.8. The van der Waals surface area contributed by atoms with Gasteiger partial charge in [-0.2, -0.15) is 0 Å². The Kier molecular flexibility index (Phi) is 14.8. The molecule has 20 atom stereocenters. The van der Waals surface area contributed by atoms with Crippen LogP contribution in [0.2, 0.25) is 0 Å². The maximum absolute atomic E-state index is 12.2. The summed E-state index contributed by atoms with van der Waals surface area (Å²) < 4.78 is 39.1. The third-order valence-electron chi connectivity index (χ3n) is 9.01. The molecular weight excluding hydrogens is 700 g/mol. The first-order chi connectivity index (χ1) is 24.1. The molecule has 4 rings (SSSR count). The minimum atomic E-state index is -2.03. The number of amides is 2. The predicted molar refractivity (Wildman–Crippen MR) is 157 cm³/mol. The molecule has 0 aromatic rings. The van der Waals surface area contributed by atoms with Crippen molar-refractivity contribution in [3.8, 4) is 0 Å². The van der Waals surface area contributed by atoms with Gasteiger partial charge in [-0.3, -0.25) is 9.59 Å². The molecule has 23 nitrogen and oxygen atoms in total. The minimum Gasteiger partial charge on any atom is -0.394 e. The molecular formula is C28H48N2O21. The minimum absolute atomic E-state index is 0.667. The molecule has 4 aliphatic heterocycles. The van der Waals surface area contributed by atoms with Crippen molar-refractivity contribution in [2.24, 2.45) is 0 Å². The molecule has 4 heterocycles. The van der Waals surface area contributed by atoms with Crippen LogP contribution in [0.5, 0.6) is 0 Å². The summed E-state index contributed by atoms with van der Waals surface area (Å²) in [5.41, 5.74) is 0. The lowest BCUT2D eigenvalue weighted by molar-refractivity contribution is -0.377. The lowest BCUT2D eigenvalue weighted by atomic mass is 9.94. The Hall–Kier alpha value is -1.82. The lowest BCUT2D eigenvalue weighted by Crippen LogP contribution is -2.70. The molecule has 4 aliphatic rings. The second-order valence-electron chi connectivity index (χ2n) is 12.6. The van der Waals surface area contributed by atoms with Gasteiger partial charge in [0.1, 0.15) is 97.5 Å². The van der Waals surface area contributed by atoms with Gasteiger partial charge >= 0.3 is 0 Å². The molecule has 1 unspecified atom stereocenters. The van der Waals surface area contributed by atoms with Crippen LogP contribution < -0.4 is 10.6 Å². The van der Waals surface area contributed by atoms with Crippen molar-refractivity contribution >= 4 is 11.8 Å². The SMILES string of the molecule is CC(=O)N[C@H]1[C@H](O[C@H]2[C@@H](O)[C@@H](CO)O[C@H](O[C@H]3[C@H](O)[C@@H](NC(C)=O)C(O)O[C@@H]3CO)[C@@H]2O)O[C@H](CO)[C@@H](O[C@@H]2O[C@H](CO)[C@H](O)[C@H](O)[C@H]2O)[C@@H]1O. The van der Waals surface area contributed by atoms with Gasteiger partial charge in [0, 0.05) is 13.8 Å². The first-order valence-corrected chi connectivity index (χ1v) is 16.1. The fraction of sp³-hybridized carbons (Fsp3) is 0.929. The van der Waals surface area contributed by atoms with Crippen LogP contribution in [0.4, 0.5) is 0 Å². The van der Waals surface area contributed by atoms with Gasteiger partial charge in [0.25, 0.3) is 0 Å². The van der Waals surface area contributed by atoms with Gasteiger partial charge in [-0.1, -0.05) is 0 Å². The molecule has 296 valence electrons. The third kappa shape index (κ3) is 9.11. The van der Waals surface area contributed by atoms with E-state index in [4.69, 9.17) is 33.2 Å². The van der Waals surface area contributed by atoms with E-state index in [1.54, 1.807) is 0 Å². The average Bonchev–Trinajstić information content (AvgIpc) is 3.09. The van der Waals surface area contributed by atoms with Crippen LogP contribution in [0.3, 0.4) is 0 Å². The number of hydrogen-bond donors (Lipinski definition) is 14. The van der Waals surface area contributed by atoms with E-state index < -0.39 is 161 Å². The predicted octanol–water partition coefficient (Wildman–Crippen LogP) is -9.46. The highest BCUT2D eigenvalue weighted by Gasteiger charge is 2.55. The highest BCUT2D eigenvalue weighted by Crippen LogP contribution is 2.34. The Labute approximate surface area is 289 Å². The van der Waals surface area contributed by atoms with Crippen molar-refractivity contribution in [2.75, 3.05) is 26.4 Å². The van der Waals surface area contributed by atoms with E-state index in [0.717, 1.165) is 13.8 Å². The number of aliphatic hydroxyl groups excluding tert-OH is 12. The topological polar surface area (TPSA) is 366 Å². The molecule has 0 spiro atoms. The second-order valence-corrected chi connectivity index (χ2v) is 12.6. The fourth-order valence-corrected chi connectivity index (χ4v) is 6.35. The van der Waals surface area contributed by atoms with Crippen LogP contribution in [0.25, 0.3) is 0 Å². The van der Waals surface area contributed by atoms with E-state index >= 15 is 0 Å². The van der Waals surface area contributed by atoms with Crippen LogP contribution in [-0.4, -0.2) is 222 Å². The molecule has 4 fully saturated rings. The molecule has 4 saturated heterocycles. The van der Waals surface area contributed by atoms with Crippen LogP contribution >= 0.6 is 0 Å². The standard InChI is InChI=1S/C28H48N2O21/c1-7(35)29-13-17(39)22(11(5-33)45-25(13)44)50-28-21(43)24(16(38)10(4-32)47-28)51-26-14(30-8(2)36)18(40)23(12(6-34)48-26)49-27-20(42)19(41)15(37)9(3-31)46-27/h9-28,31-34,37-44H,3-6H2,1-2H3,(H,29,35)(H,30,36)/t9-,10-,11-,12-,13-,14-,15+,16+,17-,18-,19+,20-,21-,22-,23-,24+,25?,26+,27+,28-/m1/s1. The number of carbonyl (C=O) groups is 2. The van der Waals surface area contributed by atoms with Crippen molar-refractivity contribution < 1.29 is 104 Å². The van der Waals surface area contributed by atoms with Gasteiger partial charge in [-0.25, -0.2) is 0 Å². The van der Waals surface area contributed by atoms with Crippen molar-refractivity contribution in [1.82, 2.24) is 10.6 Å². The van der Waals surface area contributed by atoms with Gasteiger partial charge < -0.3 is 105 Å². The van der Waals surface area contributed by atoms with Crippen LogP contribution in [-0.2, 0) is 42.7 Å². The fourth-order valence-electron chi connectivity index (χ4n) is 6.35. The Bertz CT molecular complexity index is 1140. The second kappa shape index (κ2) is 18.0. The number of rotatable bonds is 12. The van der Waals surface area contributed by atoms with E-state index in [0.29, 0.717) is 0 Å². The van der Waals surface area contributed by atoms with E-state index in [1.807, 2.05) is 0 Å². The molecule has 0 saturated carbocycles. The van der Waals surface area contributed by atoms with Crippen molar-refractivity contribution in [2.45, 2.75) is 137 Å². The van der Waals surface area contributed by atoms with Crippen LogP contribution in [0, 0.1) is 0 Å². The molecule has 0 aliphatic carbocycles. The molecule has 0 aromatic carbocycles. The Morgan fingerprint density at radius 1 is 0.471 bits per heavy atom. The Morgan fingerprint density at radius 3 is 1.39 bits per heavy atom. The lowest BCUT2D eigenvalue weighted by Gasteiger charge is -2.50. The summed E-state index contributed by atoms with van der Waals surface area (Å²) in [4.78, 5) is 23.9. The zero-order valence-corrected chi connectivity index (χ0v) is 27.4. The number of carbonyl (C=O) groups excluding carboxylic acids is 2. The van der Waals surface area contributed by atoms with Gasteiger partial charge in [-0.15, -0.1) is 0 Å². The van der Waals surface area contributed by atoms with Gasteiger partial charge in [0.05, 0.1) is 26.4 Å². The molecule has 51 heavy (non-hydrogen) atoms. The summed E-state index contributed by atoms with van der Waals surface area (Å²) >= 11 is 0. The zero-order chi connectivity index (χ0) is 37.9. The first kappa shape index (κ1) is 41.9. The summed E-state index contributed by atoms with van der Waals surface area (Å²) in [6.45, 7) is -1.30. The molecule has 23 heteroatoms. The van der Waals surface area contributed by atoms with Crippen molar-refractivity contribution in [1.29, 1.82) is 0 Å². The summed E-state index contributed by atoms with van der Waals surface area (Å²) in [6.07, 6.45) is -31.4. The largest absolute Gasteiger partial charge is 0.394 e. The Morgan fingerprint density at radius 2 is 0.882 bits per heavy atom. The number of nitrogens with one attached hydrogen (secondary N) is 2. The average molecular weight is 749 g/mol. The van der Waals surface area contributed by atoms with Crippen molar-refractivity contribution in [3.63, 3.8) is 0 Å². The maximum atomic E-state index is 12.2. The summed E-state index contributed by atoms with van der Waals surface area (Å²) in [5, 5.41) is 130. The summed E-state index contributed by atoms with van der Waals surface area (Å²) in [7, 11) is 0. The quantitative estimate of drug-likeness (QED) is 0.0881. The van der Waals surface area contributed by atoms with Gasteiger partial charge in [-0.05, 0) is 0 Å². The highest BCUT2D eigenvalue weighted by molar-refractivity contribution is 5.73. The smallest absolute Gasteiger partial charge is 0.217 e. The zero-order valence-electron chi connectivity index (χ0n) is 27.4. The van der Waals surface area contributed by atoms with Crippen LogP contribution in [0.1, 0.15) is 13.8 Å². The number of hydrogen-bond acceptors (Lipinski definition) is 21. The Balaban J connectivity index is 1.57. The molecule has 2 amide bonds. The molecule has 0 bridgehead atoms. The maximum Gasteiger partial charge on any atom is 0.217 e. The summed E-state index contributed by atoms with van der Waals surface area (Å²) in [5.74, 6) is -1.43.